The second kappa shape index (κ2) is 3.80. The number of hydrogen-bond acceptors (Lipinski definition) is 2. The van der Waals surface area contributed by atoms with Crippen molar-refractivity contribution in [3.05, 3.63) is 18.2 Å². The molecule has 1 atom stereocenters. The third-order valence-electron chi connectivity index (χ3n) is 2.58. The van der Waals surface area contributed by atoms with E-state index in [0.29, 0.717) is 6.04 Å². The summed E-state index contributed by atoms with van der Waals surface area (Å²) in [5, 5.41) is 0.850. The highest BCUT2D eigenvalue weighted by Crippen LogP contribution is 2.20. The van der Waals surface area contributed by atoms with Gasteiger partial charge in [-0.1, -0.05) is 15.9 Å². The van der Waals surface area contributed by atoms with Crippen LogP contribution in [0.15, 0.2) is 12.5 Å². The van der Waals surface area contributed by atoms with Crippen molar-refractivity contribution in [1.82, 2.24) is 14.5 Å². The molecule has 2 heterocycles. The number of nitrogens with zero attached hydrogens (tertiary/aromatic N) is 3. The van der Waals surface area contributed by atoms with Crippen molar-refractivity contribution in [2.75, 3.05) is 20.1 Å². The quantitative estimate of drug-likeness (QED) is 0.737. The summed E-state index contributed by atoms with van der Waals surface area (Å²) in [6.45, 7) is 2.35. The van der Waals surface area contributed by atoms with E-state index < -0.39 is 0 Å². The third-order valence-corrected chi connectivity index (χ3v) is 3.15. The van der Waals surface area contributed by atoms with Crippen LogP contribution in [-0.2, 0) is 5.33 Å². The average molecular weight is 244 g/mol. The van der Waals surface area contributed by atoms with Gasteiger partial charge in [-0.2, -0.15) is 0 Å². The van der Waals surface area contributed by atoms with E-state index in [1.807, 2.05) is 6.33 Å². The zero-order valence-corrected chi connectivity index (χ0v) is 9.37. The van der Waals surface area contributed by atoms with Crippen LogP contribution in [0.1, 0.15) is 18.2 Å². The Kier molecular flexibility index (Phi) is 2.69. The van der Waals surface area contributed by atoms with Crippen molar-refractivity contribution in [3.63, 3.8) is 0 Å². The molecular formula is C9H14BrN3. The number of rotatable bonds is 2. The highest BCUT2D eigenvalue weighted by Gasteiger charge is 2.20. The fourth-order valence-electron chi connectivity index (χ4n) is 1.80. The molecule has 1 unspecified atom stereocenters. The number of hydrogen-bond donors (Lipinski definition) is 0. The molecule has 1 aromatic rings. The topological polar surface area (TPSA) is 21.1 Å². The van der Waals surface area contributed by atoms with Gasteiger partial charge in [-0.25, -0.2) is 4.98 Å². The summed E-state index contributed by atoms with van der Waals surface area (Å²) in [6.07, 6.45) is 5.33. The van der Waals surface area contributed by atoms with Crippen molar-refractivity contribution in [1.29, 1.82) is 0 Å². The smallest absolute Gasteiger partial charge is 0.0952 e. The van der Waals surface area contributed by atoms with Gasteiger partial charge in [0, 0.05) is 24.1 Å². The molecule has 0 radical (unpaired) electrons. The van der Waals surface area contributed by atoms with Crippen molar-refractivity contribution in [2.24, 2.45) is 0 Å². The molecule has 3 nitrogen and oxygen atoms in total. The first-order chi connectivity index (χ1) is 6.29. The standard InChI is InChI=1S/C9H14BrN3/c1-12-3-2-9(6-12)13-5-8(4-10)11-7-13/h5,7,9H,2-4,6H2,1H3. The lowest BCUT2D eigenvalue weighted by molar-refractivity contribution is 0.392. The Balaban J connectivity index is 2.08. The van der Waals surface area contributed by atoms with Crippen LogP contribution in [0.25, 0.3) is 0 Å². The molecule has 2 rings (SSSR count). The van der Waals surface area contributed by atoms with Crippen molar-refractivity contribution < 1.29 is 0 Å². The van der Waals surface area contributed by atoms with Gasteiger partial charge in [0.05, 0.1) is 12.0 Å². The molecule has 4 heteroatoms. The van der Waals surface area contributed by atoms with Crippen molar-refractivity contribution in [2.45, 2.75) is 17.8 Å². The number of likely N-dealkylation sites (N-methyl/N-ethyl adjacent to an activating group) is 1. The minimum absolute atomic E-state index is 0.630. The number of alkyl halides is 1. The minimum atomic E-state index is 0.630. The Morgan fingerprint density at radius 3 is 3.08 bits per heavy atom. The van der Waals surface area contributed by atoms with E-state index in [2.05, 4.69) is 43.6 Å². The van der Waals surface area contributed by atoms with Gasteiger partial charge in [-0.05, 0) is 20.0 Å². The second-order valence-electron chi connectivity index (χ2n) is 3.65. The number of halogens is 1. The van der Waals surface area contributed by atoms with Crippen LogP contribution < -0.4 is 0 Å². The van der Waals surface area contributed by atoms with Gasteiger partial charge < -0.3 is 9.47 Å². The average Bonchev–Trinajstić information content (AvgIpc) is 2.71. The van der Waals surface area contributed by atoms with E-state index in [1.54, 1.807) is 0 Å². The van der Waals surface area contributed by atoms with Crippen molar-refractivity contribution >= 4 is 15.9 Å². The molecule has 1 saturated heterocycles. The van der Waals surface area contributed by atoms with Gasteiger partial charge in [0.25, 0.3) is 0 Å². The predicted octanol–water partition coefficient (Wildman–Crippen LogP) is 1.65. The number of likely N-dealkylation sites (tertiary alicyclic amines) is 1. The Morgan fingerprint density at radius 2 is 2.54 bits per heavy atom. The highest BCUT2D eigenvalue weighted by molar-refractivity contribution is 9.08. The Labute approximate surface area is 86.9 Å². The van der Waals surface area contributed by atoms with Crippen LogP contribution >= 0.6 is 15.9 Å². The summed E-state index contributed by atoms with van der Waals surface area (Å²) in [6, 6.07) is 0.630. The molecular weight excluding hydrogens is 230 g/mol. The molecule has 1 aliphatic rings. The maximum Gasteiger partial charge on any atom is 0.0952 e. The number of aromatic nitrogens is 2. The summed E-state index contributed by atoms with van der Waals surface area (Å²) < 4.78 is 2.24. The number of imidazole rings is 1. The summed E-state index contributed by atoms with van der Waals surface area (Å²) in [5.41, 5.74) is 1.12. The maximum atomic E-state index is 4.30. The molecule has 0 N–H and O–H groups in total. The summed E-state index contributed by atoms with van der Waals surface area (Å²) in [7, 11) is 2.17. The molecule has 0 amide bonds. The molecule has 13 heavy (non-hydrogen) atoms. The molecule has 0 spiro atoms. The highest BCUT2D eigenvalue weighted by atomic mass is 79.9. The molecule has 72 valence electrons. The van der Waals surface area contributed by atoms with Gasteiger partial charge in [0.2, 0.25) is 0 Å². The Hall–Kier alpha value is -0.350. The van der Waals surface area contributed by atoms with Gasteiger partial charge in [0.1, 0.15) is 0 Å². The molecule has 0 aromatic carbocycles. The lowest BCUT2D eigenvalue weighted by atomic mass is 10.2. The monoisotopic (exact) mass is 243 g/mol. The third kappa shape index (κ3) is 1.94. The summed E-state index contributed by atoms with van der Waals surface area (Å²) in [5.74, 6) is 0. The van der Waals surface area contributed by atoms with Crippen LogP contribution in [0, 0.1) is 0 Å². The van der Waals surface area contributed by atoms with Crippen LogP contribution in [0.3, 0.4) is 0 Å². The normalized spacial score (nSPS) is 24.0. The Bertz CT molecular complexity index is 284. The molecule has 0 bridgehead atoms. The van der Waals surface area contributed by atoms with E-state index in [-0.39, 0.29) is 0 Å². The van der Waals surface area contributed by atoms with E-state index in [4.69, 9.17) is 0 Å². The van der Waals surface area contributed by atoms with Gasteiger partial charge in [0.15, 0.2) is 0 Å². The molecule has 0 aliphatic carbocycles. The van der Waals surface area contributed by atoms with E-state index in [9.17, 15) is 0 Å². The van der Waals surface area contributed by atoms with Gasteiger partial charge in [-0.15, -0.1) is 0 Å². The lowest BCUT2D eigenvalue weighted by Crippen LogP contribution is -2.15. The van der Waals surface area contributed by atoms with Gasteiger partial charge >= 0.3 is 0 Å². The lowest BCUT2D eigenvalue weighted by Gasteiger charge is -2.10. The zero-order chi connectivity index (χ0) is 9.26. The van der Waals surface area contributed by atoms with E-state index in [0.717, 1.165) is 17.6 Å². The first kappa shape index (κ1) is 9.21. The molecule has 1 aliphatic heterocycles. The largest absolute Gasteiger partial charge is 0.333 e. The van der Waals surface area contributed by atoms with Crippen molar-refractivity contribution in [3.8, 4) is 0 Å². The van der Waals surface area contributed by atoms with Crippen LogP contribution in [0.5, 0.6) is 0 Å². The van der Waals surface area contributed by atoms with E-state index in [1.165, 1.54) is 13.0 Å². The van der Waals surface area contributed by atoms with E-state index >= 15 is 0 Å². The molecule has 1 aromatic heterocycles. The SMILES string of the molecule is CN1CCC(n2cnc(CBr)c2)C1. The summed E-state index contributed by atoms with van der Waals surface area (Å²) >= 11 is 3.41. The molecule has 1 fully saturated rings. The van der Waals surface area contributed by atoms with Gasteiger partial charge in [-0.3, -0.25) is 0 Å². The second-order valence-corrected chi connectivity index (χ2v) is 4.21. The zero-order valence-electron chi connectivity index (χ0n) is 7.78. The summed E-state index contributed by atoms with van der Waals surface area (Å²) in [4.78, 5) is 6.66. The first-order valence-electron chi connectivity index (χ1n) is 4.56. The van der Waals surface area contributed by atoms with Crippen LogP contribution in [-0.4, -0.2) is 34.6 Å². The predicted molar refractivity (Wildman–Crippen MR) is 56.0 cm³/mol. The molecule has 0 saturated carbocycles. The fourth-order valence-corrected chi connectivity index (χ4v) is 2.09. The van der Waals surface area contributed by atoms with Crippen LogP contribution in [0.4, 0.5) is 0 Å². The van der Waals surface area contributed by atoms with Crippen LogP contribution in [0.2, 0.25) is 0 Å². The fraction of sp³-hybridized carbons (Fsp3) is 0.667. The minimum Gasteiger partial charge on any atom is -0.333 e. The first-order valence-corrected chi connectivity index (χ1v) is 5.68. The Morgan fingerprint density at radius 1 is 1.69 bits per heavy atom. The maximum absolute atomic E-state index is 4.30.